The van der Waals surface area contributed by atoms with Crippen LogP contribution < -0.4 is 0 Å². The lowest BCUT2D eigenvalue weighted by molar-refractivity contribution is 0.199. The molecule has 0 aliphatic rings. The fourth-order valence-electron chi connectivity index (χ4n) is 1.57. The lowest BCUT2D eigenvalue weighted by Crippen LogP contribution is -1.94. The predicted octanol–water partition coefficient (Wildman–Crippen LogP) is 2.44. The summed E-state index contributed by atoms with van der Waals surface area (Å²) in [6.07, 6.45) is 1.83. The minimum atomic E-state index is -0.517. The highest BCUT2D eigenvalue weighted by Gasteiger charge is 2.11. The van der Waals surface area contributed by atoms with Gasteiger partial charge in [-0.2, -0.15) is 0 Å². The summed E-state index contributed by atoms with van der Waals surface area (Å²) in [5, 5.41) is 9.57. The van der Waals surface area contributed by atoms with Crippen molar-refractivity contribution in [2.45, 2.75) is 26.4 Å². The second-order valence-corrected chi connectivity index (χ2v) is 3.42. The van der Waals surface area contributed by atoms with Crippen LogP contribution in [0.3, 0.4) is 0 Å². The summed E-state index contributed by atoms with van der Waals surface area (Å²) in [5.41, 5.74) is 3.50. The first-order chi connectivity index (χ1) is 6.72. The van der Waals surface area contributed by atoms with Crippen LogP contribution in [-0.4, -0.2) is 10.1 Å². The van der Waals surface area contributed by atoms with Gasteiger partial charge in [0.1, 0.15) is 5.52 Å². The van der Waals surface area contributed by atoms with Crippen LogP contribution in [0.1, 0.15) is 31.1 Å². The summed E-state index contributed by atoms with van der Waals surface area (Å²) < 4.78 is 5.24. The van der Waals surface area contributed by atoms with E-state index in [2.05, 4.69) is 11.9 Å². The smallest absolute Gasteiger partial charge is 0.181 e. The molecule has 1 aromatic carbocycles. The first-order valence-electron chi connectivity index (χ1n) is 4.76. The Morgan fingerprint density at radius 2 is 2.29 bits per heavy atom. The van der Waals surface area contributed by atoms with Crippen molar-refractivity contribution in [2.75, 3.05) is 0 Å². The van der Waals surface area contributed by atoms with Crippen molar-refractivity contribution < 1.29 is 9.52 Å². The third-order valence-corrected chi connectivity index (χ3v) is 2.38. The molecule has 74 valence electrons. The third kappa shape index (κ3) is 1.40. The van der Waals surface area contributed by atoms with E-state index in [9.17, 15) is 5.11 Å². The van der Waals surface area contributed by atoms with Gasteiger partial charge in [-0.3, -0.25) is 0 Å². The minimum absolute atomic E-state index is 0.517. The Morgan fingerprint density at radius 1 is 1.50 bits per heavy atom. The maximum atomic E-state index is 9.57. The molecule has 1 N–H and O–H groups in total. The summed E-state index contributed by atoms with van der Waals surface area (Å²) in [4.78, 5) is 4.09. The molecule has 0 radical (unpaired) electrons. The summed E-state index contributed by atoms with van der Waals surface area (Å²) in [6, 6.07) is 3.96. The fraction of sp³-hybridized carbons (Fsp3) is 0.364. The van der Waals surface area contributed by atoms with E-state index in [0.29, 0.717) is 5.58 Å². The molecule has 0 spiro atoms. The van der Waals surface area contributed by atoms with Gasteiger partial charge in [0, 0.05) is 5.56 Å². The first kappa shape index (κ1) is 9.21. The average Bonchev–Trinajstić information content (AvgIpc) is 2.63. The molecule has 14 heavy (non-hydrogen) atoms. The Balaban J connectivity index is 2.70. The van der Waals surface area contributed by atoms with Crippen LogP contribution in [0, 0.1) is 0 Å². The van der Waals surface area contributed by atoms with Gasteiger partial charge in [0.25, 0.3) is 0 Å². The Morgan fingerprint density at radius 3 is 2.93 bits per heavy atom. The van der Waals surface area contributed by atoms with E-state index >= 15 is 0 Å². The average molecular weight is 191 g/mol. The third-order valence-electron chi connectivity index (χ3n) is 2.38. The largest absolute Gasteiger partial charge is 0.443 e. The SMILES string of the molecule is CCc1cc(C(C)O)c2ocnc2c1. The molecule has 0 fully saturated rings. The predicted molar refractivity (Wildman–Crippen MR) is 54.0 cm³/mol. The van der Waals surface area contributed by atoms with Gasteiger partial charge in [-0.25, -0.2) is 4.98 Å². The van der Waals surface area contributed by atoms with Crippen LogP contribution in [0.4, 0.5) is 0 Å². The second kappa shape index (κ2) is 3.42. The summed E-state index contributed by atoms with van der Waals surface area (Å²) in [7, 11) is 0. The van der Waals surface area contributed by atoms with Gasteiger partial charge >= 0.3 is 0 Å². The Hall–Kier alpha value is -1.35. The van der Waals surface area contributed by atoms with E-state index in [4.69, 9.17) is 4.42 Å². The van der Waals surface area contributed by atoms with E-state index in [1.165, 1.54) is 12.0 Å². The van der Waals surface area contributed by atoms with Crippen molar-refractivity contribution in [1.82, 2.24) is 4.98 Å². The lowest BCUT2D eigenvalue weighted by atomic mass is 10.0. The van der Waals surface area contributed by atoms with Crippen molar-refractivity contribution in [1.29, 1.82) is 0 Å². The fourth-order valence-corrected chi connectivity index (χ4v) is 1.57. The number of benzene rings is 1. The first-order valence-corrected chi connectivity index (χ1v) is 4.76. The van der Waals surface area contributed by atoms with Crippen molar-refractivity contribution >= 4 is 11.1 Å². The van der Waals surface area contributed by atoms with Gasteiger partial charge in [-0.1, -0.05) is 6.92 Å². The maximum Gasteiger partial charge on any atom is 0.181 e. The molecule has 1 atom stereocenters. The maximum absolute atomic E-state index is 9.57. The van der Waals surface area contributed by atoms with Gasteiger partial charge in [0.2, 0.25) is 0 Å². The molecule has 2 rings (SSSR count). The van der Waals surface area contributed by atoms with Crippen LogP contribution >= 0.6 is 0 Å². The number of aromatic nitrogens is 1. The molecule has 1 unspecified atom stereocenters. The van der Waals surface area contributed by atoms with Crippen molar-refractivity contribution in [2.24, 2.45) is 0 Å². The van der Waals surface area contributed by atoms with Crippen LogP contribution in [0.5, 0.6) is 0 Å². The van der Waals surface area contributed by atoms with E-state index in [1.54, 1.807) is 6.92 Å². The van der Waals surface area contributed by atoms with Crippen LogP contribution in [0.15, 0.2) is 22.9 Å². The number of fused-ring (bicyclic) bond motifs is 1. The summed E-state index contributed by atoms with van der Waals surface area (Å²) in [6.45, 7) is 3.81. The molecule has 3 heteroatoms. The highest BCUT2D eigenvalue weighted by atomic mass is 16.3. The van der Waals surface area contributed by atoms with Crippen LogP contribution in [0.25, 0.3) is 11.1 Å². The minimum Gasteiger partial charge on any atom is -0.443 e. The van der Waals surface area contributed by atoms with Gasteiger partial charge in [-0.05, 0) is 31.0 Å². The highest BCUT2D eigenvalue weighted by Crippen LogP contribution is 2.25. The summed E-state index contributed by atoms with van der Waals surface area (Å²) in [5.74, 6) is 0. The number of nitrogens with zero attached hydrogens (tertiary/aromatic N) is 1. The molecule has 1 aromatic heterocycles. The molecular formula is C11H13NO2. The Bertz CT molecular complexity index is 445. The number of oxazole rings is 1. The van der Waals surface area contributed by atoms with Gasteiger partial charge < -0.3 is 9.52 Å². The topological polar surface area (TPSA) is 46.3 Å². The molecule has 2 aromatic rings. The molecule has 0 bridgehead atoms. The number of rotatable bonds is 2. The zero-order valence-electron chi connectivity index (χ0n) is 8.32. The molecular weight excluding hydrogens is 178 g/mol. The lowest BCUT2D eigenvalue weighted by Gasteiger charge is -2.06. The van der Waals surface area contributed by atoms with Gasteiger partial charge in [0.05, 0.1) is 6.10 Å². The van der Waals surface area contributed by atoms with Gasteiger partial charge in [0.15, 0.2) is 12.0 Å². The molecule has 0 saturated carbocycles. The number of aliphatic hydroxyl groups excluding tert-OH is 1. The molecule has 0 amide bonds. The van der Waals surface area contributed by atoms with E-state index in [-0.39, 0.29) is 0 Å². The normalized spacial score (nSPS) is 13.4. The molecule has 0 saturated heterocycles. The van der Waals surface area contributed by atoms with Crippen molar-refractivity contribution in [3.63, 3.8) is 0 Å². The standard InChI is InChI=1S/C11H13NO2/c1-3-8-4-9(7(2)13)11-10(5-8)12-6-14-11/h4-7,13H,3H2,1-2H3. The molecule has 0 aliphatic carbocycles. The second-order valence-electron chi connectivity index (χ2n) is 3.42. The number of hydrogen-bond acceptors (Lipinski definition) is 3. The number of aliphatic hydroxyl groups is 1. The molecule has 3 nitrogen and oxygen atoms in total. The zero-order valence-corrected chi connectivity index (χ0v) is 8.32. The Kier molecular flexibility index (Phi) is 2.25. The monoisotopic (exact) mass is 191 g/mol. The van der Waals surface area contributed by atoms with Gasteiger partial charge in [-0.15, -0.1) is 0 Å². The summed E-state index contributed by atoms with van der Waals surface area (Å²) >= 11 is 0. The number of aryl methyl sites for hydroxylation is 1. The van der Waals surface area contributed by atoms with Crippen LogP contribution in [0.2, 0.25) is 0 Å². The Labute approximate surface area is 82.4 Å². The zero-order chi connectivity index (χ0) is 10.1. The van der Waals surface area contributed by atoms with Crippen molar-refractivity contribution in [3.8, 4) is 0 Å². The van der Waals surface area contributed by atoms with E-state index < -0.39 is 6.10 Å². The molecule has 0 aliphatic heterocycles. The van der Waals surface area contributed by atoms with E-state index in [0.717, 1.165) is 17.5 Å². The highest BCUT2D eigenvalue weighted by molar-refractivity contribution is 5.77. The quantitative estimate of drug-likeness (QED) is 0.793. The number of hydrogen-bond donors (Lipinski definition) is 1. The van der Waals surface area contributed by atoms with Crippen molar-refractivity contribution in [3.05, 3.63) is 29.7 Å². The van der Waals surface area contributed by atoms with Crippen LogP contribution in [-0.2, 0) is 6.42 Å². The molecule has 1 heterocycles. The van der Waals surface area contributed by atoms with E-state index in [1.807, 2.05) is 12.1 Å².